The van der Waals surface area contributed by atoms with Crippen LogP contribution in [0.25, 0.3) is 0 Å². The Morgan fingerprint density at radius 2 is 1.95 bits per heavy atom. The molecule has 0 aromatic heterocycles. The molecule has 0 aliphatic carbocycles. The van der Waals surface area contributed by atoms with E-state index in [1.165, 1.54) is 18.2 Å². The summed E-state index contributed by atoms with van der Waals surface area (Å²) in [6.07, 6.45) is 0. The lowest BCUT2D eigenvalue weighted by Crippen LogP contribution is -2.12. The second-order valence-electron chi connectivity index (χ2n) is 4.70. The van der Waals surface area contributed by atoms with Crippen LogP contribution < -0.4 is 10.1 Å². The van der Waals surface area contributed by atoms with Gasteiger partial charge in [-0.15, -0.1) is 0 Å². The van der Waals surface area contributed by atoms with Gasteiger partial charge in [-0.3, -0.25) is 0 Å². The molecular weight excluding hydrogens is 296 g/mol. The Morgan fingerprint density at radius 3 is 2.62 bits per heavy atom. The van der Waals surface area contributed by atoms with Gasteiger partial charge in [-0.1, -0.05) is 29.8 Å². The van der Waals surface area contributed by atoms with E-state index in [1.54, 1.807) is 25.2 Å². The van der Waals surface area contributed by atoms with Gasteiger partial charge in [0.2, 0.25) is 0 Å². The van der Waals surface area contributed by atoms with Gasteiger partial charge in [0.25, 0.3) is 0 Å². The topological polar surface area (TPSA) is 21.3 Å². The maximum atomic E-state index is 14.0. The Morgan fingerprint density at radius 1 is 1.19 bits per heavy atom. The highest BCUT2D eigenvalue weighted by molar-refractivity contribution is 6.31. The largest absolute Gasteiger partial charge is 0.486 e. The van der Waals surface area contributed by atoms with Gasteiger partial charge >= 0.3 is 0 Å². The van der Waals surface area contributed by atoms with Crippen molar-refractivity contribution < 1.29 is 13.5 Å². The lowest BCUT2D eigenvalue weighted by Gasteiger charge is -2.13. The van der Waals surface area contributed by atoms with E-state index < -0.39 is 11.6 Å². The zero-order valence-corrected chi connectivity index (χ0v) is 12.5. The fraction of sp³-hybridized carbons (Fsp3) is 0.250. The van der Waals surface area contributed by atoms with Gasteiger partial charge in [0, 0.05) is 11.6 Å². The predicted molar refractivity (Wildman–Crippen MR) is 79.6 cm³/mol. The number of halogens is 3. The van der Waals surface area contributed by atoms with E-state index in [9.17, 15) is 8.78 Å². The summed E-state index contributed by atoms with van der Waals surface area (Å²) in [6.45, 7) is 1.94. The first-order valence-electron chi connectivity index (χ1n) is 6.55. The molecule has 1 unspecified atom stereocenters. The van der Waals surface area contributed by atoms with Crippen molar-refractivity contribution in [3.8, 4) is 5.75 Å². The molecule has 2 aromatic carbocycles. The Hall–Kier alpha value is -1.65. The van der Waals surface area contributed by atoms with Crippen LogP contribution in [0.1, 0.15) is 24.1 Å². The van der Waals surface area contributed by atoms with Crippen LogP contribution in [0, 0.1) is 11.6 Å². The molecule has 2 nitrogen and oxygen atoms in total. The van der Waals surface area contributed by atoms with Gasteiger partial charge in [-0.05, 0) is 37.7 Å². The van der Waals surface area contributed by atoms with Crippen LogP contribution in [0.4, 0.5) is 8.78 Å². The number of hydrogen-bond donors (Lipinski definition) is 1. The summed E-state index contributed by atoms with van der Waals surface area (Å²) in [5.74, 6) is -0.860. The third kappa shape index (κ3) is 3.71. The zero-order valence-electron chi connectivity index (χ0n) is 11.8. The number of rotatable bonds is 5. The summed E-state index contributed by atoms with van der Waals surface area (Å²) in [5, 5.41) is 3.03. The first kappa shape index (κ1) is 15.7. The van der Waals surface area contributed by atoms with Crippen molar-refractivity contribution in [2.45, 2.75) is 19.6 Å². The molecule has 2 rings (SSSR count). The van der Waals surface area contributed by atoms with Crippen molar-refractivity contribution in [3.63, 3.8) is 0 Å². The molecule has 1 atom stereocenters. The molecular formula is C16H16ClF2NO. The van der Waals surface area contributed by atoms with Crippen LogP contribution in [0.2, 0.25) is 5.02 Å². The molecule has 1 N–H and O–H groups in total. The molecule has 0 aliphatic heterocycles. The average Bonchev–Trinajstić information content (AvgIpc) is 2.49. The summed E-state index contributed by atoms with van der Waals surface area (Å²) in [4.78, 5) is 0. The summed E-state index contributed by atoms with van der Waals surface area (Å²) in [6, 6.07) is 9.25. The highest BCUT2D eigenvalue weighted by Gasteiger charge is 2.11. The van der Waals surface area contributed by atoms with Gasteiger partial charge in [0.15, 0.2) is 11.6 Å². The van der Waals surface area contributed by atoms with E-state index in [-0.39, 0.29) is 23.4 Å². The SMILES string of the molecule is CNC(C)c1ccc(OCc2cccc(F)c2Cl)c(F)c1. The fourth-order valence-electron chi connectivity index (χ4n) is 1.89. The molecule has 21 heavy (non-hydrogen) atoms. The van der Waals surface area contributed by atoms with E-state index >= 15 is 0 Å². The Labute approximate surface area is 127 Å². The van der Waals surface area contributed by atoms with E-state index in [4.69, 9.17) is 16.3 Å². The smallest absolute Gasteiger partial charge is 0.165 e. The maximum absolute atomic E-state index is 14.0. The van der Waals surface area contributed by atoms with Crippen LogP contribution in [-0.2, 0) is 6.61 Å². The molecule has 0 saturated heterocycles. The highest BCUT2D eigenvalue weighted by atomic mass is 35.5. The molecule has 0 bridgehead atoms. The van der Waals surface area contributed by atoms with Crippen molar-refractivity contribution in [2.24, 2.45) is 0 Å². The number of hydrogen-bond acceptors (Lipinski definition) is 2. The van der Waals surface area contributed by atoms with Crippen LogP contribution >= 0.6 is 11.6 Å². The molecule has 0 saturated carbocycles. The molecule has 0 spiro atoms. The second-order valence-corrected chi connectivity index (χ2v) is 5.08. The average molecular weight is 312 g/mol. The normalized spacial score (nSPS) is 12.2. The summed E-state index contributed by atoms with van der Waals surface area (Å²) >= 11 is 5.83. The molecule has 0 fully saturated rings. The first-order chi connectivity index (χ1) is 10.0. The van der Waals surface area contributed by atoms with E-state index in [2.05, 4.69) is 5.32 Å². The zero-order chi connectivity index (χ0) is 15.4. The monoisotopic (exact) mass is 311 g/mol. The van der Waals surface area contributed by atoms with Crippen molar-refractivity contribution in [1.82, 2.24) is 5.32 Å². The van der Waals surface area contributed by atoms with Gasteiger partial charge in [0.1, 0.15) is 12.4 Å². The summed E-state index contributed by atoms with van der Waals surface area (Å²) in [5.41, 5.74) is 1.30. The summed E-state index contributed by atoms with van der Waals surface area (Å²) < 4.78 is 32.6. The lowest BCUT2D eigenvalue weighted by atomic mass is 10.1. The number of ether oxygens (including phenoxy) is 1. The van der Waals surface area contributed by atoms with Crippen molar-refractivity contribution in [1.29, 1.82) is 0 Å². The van der Waals surface area contributed by atoms with Crippen LogP contribution in [-0.4, -0.2) is 7.05 Å². The minimum absolute atomic E-state index is 0.00154. The summed E-state index contributed by atoms with van der Waals surface area (Å²) in [7, 11) is 1.80. The third-order valence-electron chi connectivity index (χ3n) is 3.30. The first-order valence-corrected chi connectivity index (χ1v) is 6.93. The molecule has 5 heteroatoms. The number of benzene rings is 2. The van der Waals surface area contributed by atoms with Crippen molar-refractivity contribution in [3.05, 3.63) is 64.2 Å². The molecule has 112 valence electrons. The Kier molecular flexibility index (Phi) is 5.15. The Balaban J connectivity index is 2.12. The van der Waals surface area contributed by atoms with Crippen LogP contribution in [0.15, 0.2) is 36.4 Å². The quantitative estimate of drug-likeness (QED) is 0.879. The fourth-order valence-corrected chi connectivity index (χ4v) is 2.07. The van der Waals surface area contributed by atoms with Gasteiger partial charge in [-0.2, -0.15) is 0 Å². The highest BCUT2D eigenvalue weighted by Crippen LogP contribution is 2.25. The van der Waals surface area contributed by atoms with Gasteiger partial charge in [0.05, 0.1) is 5.02 Å². The van der Waals surface area contributed by atoms with Gasteiger partial charge < -0.3 is 10.1 Å². The van der Waals surface area contributed by atoms with E-state index in [0.717, 1.165) is 5.56 Å². The molecule has 0 amide bonds. The van der Waals surface area contributed by atoms with Crippen molar-refractivity contribution in [2.75, 3.05) is 7.05 Å². The van der Waals surface area contributed by atoms with Gasteiger partial charge in [-0.25, -0.2) is 8.78 Å². The van der Waals surface area contributed by atoms with E-state index in [0.29, 0.717) is 5.56 Å². The predicted octanol–water partition coefficient (Wildman–Crippen LogP) is 4.48. The van der Waals surface area contributed by atoms with Crippen LogP contribution in [0.5, 0.6) is 5.75 Å². The number of nitrogens with one attached hydrogen (secondary N) is 1. The molecule has 0 heterocycles. The lowest BCUT2D eigenvalue weighted by molar-refractivity contribution is 0.289. The second kappa shape index (κ2) is 6.87. The molecule has 0 aliphatic rings. The Bertz CT molecular complexity index is 634. The van der Waals surface area contributed by atoms with E-state index in [1.807, 2.05) is 6.92 Å². The standard InChI is InChI=1S/C16H16ClF2NO/c1-10(20-2)11-6-7-15(14(19)8-11)21-9-12-4-3-5-13(18)16(12)17/h3-8,10,20H,9H2,1-2H3. The minimum atomic E-state index is -0.517. The van der Waals surface area contributed by atoms with Crippen LogP contribution in [0.3, 0.4) is 0 Å². The molecule has 0 radical (unpaired) electrons. The minimum Gasteiger partial charge on any atom is -0.486 e. The van der Waals surface area contributed by atoms with Crippen molar-refractivity contribution >= 4 is 11.6 Å². The third-order valence-corrected chi connectivity index (χ3v) is 3.73. The molecule has 2 aromatic rings. The maximum Gasteiger partial charge on any atom is 0.165 e.